The smallest absolute Gasteiger partial charge is 0.287 e. The molecule has 8 nitrogen and oxygen atoms in total. The number of rotatable bonds is 14. The van der Waals surface area contributed by atoms with Gasteiger partial charge in [0.05, 0.1) is 18.9 Å². The number of nitrogens with one attached hydrogen (secondary N) is 2. The van der Waals surface area contributed by atoms with Crippen LogP contribution in [-0.4, -0.2) is 73.4 Å². The molecule has 0 fully saturated rings. The third kappa shape index (κ3) is 9.24. The number of ether oxygens (including phenoxy) is 1. The molecule has 0 aliphatic heterocycles. The highest BCUT2D eigenvalue weighted by molar-refractivity contribution is 5.96. The Morgan fingerprint density at radius 1 is 1.41 bits per heavy atom. The molecule has 186 valence electrons. The molecule has 0 bridgehead atoms. The van der Waals surface area contributed by atoms with Gasteiger partial charge in [-0.2, -0.15) is 5.26 Å². The lowest BCUT2D eigenvalue weighted by Gasteiger charge is -2.34. The molecule has 0 saturated heterocycles. The lowest BCUT2D eigenvalue weighted by atomic mass is 9.71. The number of carbonyl (C=O) groups excluding carboxylic acids is 1. The summed E-state index contributed by atoms with van der Waals surface area (Å²) in [5.74, 6) is -0.227. The Morgan fingerprint density at radius 2 is 2.21 bits per heavy atom. The van der Waals surface area contributed by atoms with Crippen molar-refractivity contribution in [2.45, 2.75) is 52.4 Å². The zero-order chi connectivity index (χ0) is 24.8. The van der Waals surface area contributed by atoms with Gasteiger partial charge in [-0.3, -0.25) is 9.79 Å². The van der Waals surface area contributed by atoms with Crippen LogP contribution in [0, 0.1) is 16.7 Å². The number of hydrogen-bond donors (Lipinski definition) is 2. The van der Waals surface area contributed by atoms with E-state index in [-0.39, 0.29) is 17.4 Å². The first kappa shape index (κ1) is 27.5. The molecule has 1 aliphatic carbocycles. The zero-order valence-electron chi connectivity index (χ0n) is 21.2. The molecule has 0 aromatic carbocycles. The average Bonchev–Trinajstić information content (AvgIpc) is 3.34. The normalized spacial score (nSPS) is 16.0. The summed E-state index contributed by atoms with van der Waals surface area (Å²) in [5.41, 5.74) is 2.92. The number of hydrogen-bond acceptors (Lipinski definition) is 6. The second-order valence-corrected chi connectivity index (χ2v) is 9.15. The van der Waals surface area contributed by atoms with Crippen LogP contribution in [0.15, 0.2) is 35.0 Å². The average molecular weight is 469 g/mol. The van der Waals surface area contributed by atoms with Gasteiger partial charge >= 0.3 is 0 Å². The van der Waals surface area contributed by atoms with Gasteiger partial charge in [0, 0.05) is 19.3 Å². The van der Waals surface area contributed by atoms with Crippen molar-refractivity contribution < 1.29 is 9.53 Å². The highest BCUT2D eigenvalue weighted by Gasteiger charge is 2.27. The van der Waals surface area contributed by atoms with E-state index >= 15 is 0 Å². The monoisotopic (exact) mass is 468 g/mol. The SMILES string of the molecule is CCC1(CC)CC=C(C/N=C(\C=C/CNC(=O)c2nc(C#N)c[nH]2)COCCCN(C)C)CC1. The van der Waals surface area contributed by atoms with E-state index < -0.39 is 0 Å². The number of carbonyl (C=O) groups is 1. The summed E-state index contributed by atoms with van der Waals surface area (Å²) in [4.78, 5) is 25.7. The van der Waals surface area contributed by atoms with Crippen molar-refractivity contribution >= 4 is 11.6 Å². The van der Waals surface area contributed by atoms with Crippen LogP contribution >= 0.6 is 0 Å². The molecule has 1 amide bonds. The van der Waals surface area contributed by atoms with Crippen molar-refractivity contribution in [3.05, 3.63) is 41.5 Å². The summed E-state index contributed by atoms with van der Waals surface area (Å²) in [7, 11) is 4.11. The standard InChI is InChI=1S/C26H40N6O2/c1-5-26(6-2)12-10-21(11-13-26)18-29-22(20-34-16-8-15-32(3)4)9-7-14-28-25(33)24-30-19-23(17-27)31-24/h7,9-10,19H,5-6,8,11-16,18,20H2,1-4H3,(H,28,33)(H,30,31)/b9-7-,29-22+. The molecule has 1 aromatic rings. The van der Waals surface area contributed by atoms with Crippen LogP contribution in [0.5, 0.6) is 0 Å². The Bertz CT molecular complexity index is 903. The number of H-pyrrole nitrogens is 1. The Hall–Kier alpha value is -2.76. The minimum absolute atomic E-state index is 0.127. The number of aromatic amines is 1. The number of nitriles is 1. The van der Waals surface area contributed by atoms with Gasteiger partial charge in [-0.15, -0.1) is 0 Å². The Balaban J connectivity index is 1.91. The largest absolute Gasteiger partial charge is 0.375 e. The van der Waals surface area contributed by atoms with E-state index in [2.05, 4.69) is 54.2 Å². The second-order valence-electron chi connectivity index (χ2n) is 9.15. The predicted octanol–water partition coefficient (Wildman–Crippen LogP) is 3.89. The van der Waals surface area contributed by atoms with Gasteiger partial charge in [-0.25, -0.2) is 4.98 Å². The maximum atomic E-state index is 12.1. The molecule has 8 heteroatoms. The molecule has 1 aromatic heterocycles. The molecule has 0 radical (unpaired) electrons. The topological polar surface area (TPSA) is 106 Å². The summed E-state index contributed by atoms with van der Waals surface area (Å²) in [6, 6.07) is 1.90. The van der Waals surface area contributed by atoms with E-state index in [4.69, 9.17) is 15.0 Å². The van der Waals surface area contributed by atoms with Crippen molar-refractivity contribution in [2.24, 2.45) is 10.4 Å². The molecule has 0 saturated carbocycles. The van der Waals surface area contributed by atoms with Crippen LogP contribution in [0.3, 0.4) is 0 Å². The van der Waals surface area contributed by atoms with Crippen molar-refractivity contribution in [2.75, 3.05) is 46.9 Å². The van der Waals surface area contributed by atoms with E-state index in [0.29, 0.717) is 31.7 Å². The molecule has 2 N–H and O–H groups in total. The summed E-state index contributed by atoms with van der Waals surface area (Å²) in [6.07, 6.45) is 14.5. The van der Waals surface area contributed by atoms with Gasteiger partial charge in [-0.05, 0) is 57.8 Å². The predicted molar refractivity (Wildman–Crippen MR) is 136 cm³/mol. The van der Waals surface area contributed by atoms with Crippen LogP contribution in [0.2, 0.25) is 0 Å². The van der Waals surface area contributed by atoms with Crippen LogP contribution in [0.4, 0.5) is 0 Å². The quantitative estimate of drug-likeness (QED) is 0.245. The fourth-order valence-corrected chi connectivity index (χ4v) is 3.96. The number of allylic oxidation sites excluding steroid dienone is 1. The van der Waals surface area contributed by atoms with E-state index in [0.717, 1.165) is 31.5 Å². The Kier molecular flexibility index (Phi) is 11.7. The van der Waals surface area contributed by atoms with E-state index in [1.165, 1.54) is 31.0 Å². The van der Waals surface area contributed by atoms with Gasteiger partial charge in [0.15, 0.2) is 11.5 Å². The summed E-state index contributed by atoms with van der Waals surface area (Å²) < 4.78 is 5.86. The summed E-state index contributed by atoms with van der Waals surface area (Å²) in [6.45, 7) is 7.73. The number of amides is 1. The maximum Gasteiger partial charge on any atom is 0.287 e. The van der Waals surface area contributed by atoms with Gasteiger partial charge < -0.3 is 19.9 Å². The third-order valence-corrected chi connectivity index (χ3v) is 6.53. The maximum absolute atomic E-state index is 12.1. The van der Waals surface area contributed by atoms with Crippen LogP contribution in [0.25, 0.3) is 0 Å². The first-order chi connectivity index (χ1) is 16.4. The molecule has 34 heavy (non-hydrogen) atoms. The molecule has 1 aliphatic rings. The van der Waals surface area contributed by atoms with Crippen molar-refractivity contribution in [3.63, 3.8) is 0 Å². The highest BCUT2D eigenvalue weighted by Crippen LogP contribution is 2.41. The first-order valence-electron chi connectivity index (χ1n) is 12.2. The number of aliphatic imine (C=N–C) groups is 1. The van der Waals surface area contributed by atoms with E-state index in [9.17, 15) is 4.79 Å². The third-order valence-electron chi connectivity index (χ3n) is 6.53. The molecule has 1 heterocycles. The first-order valence-corrected chi connectivity index (χ1v) is 12.2. The van der Waals surface area contributed by atoms with Gasteiger partial charge in [0.2, 0.25) is 0 Å². The summed E-state index contributed by atoms with van der Waals surface area (Å²) >= 11 is 0. The number of imidazole rings is 1. The Labute approximate surface area is 204 Å². The molecule has 2 rings (SSSR count). The van der Waals surface area contributed by atoms with Crippen molar-refractivity contribution in [1.29, 1.82) is 5.26 Å². The summed E-state index contributed by atoms with van der Waals surface area (Å²) in [5, 5.41) is 11.6. The van der Waals surface area contributed by atoms with Crippen LogP contribution < -0.4 is 5.32 Å². The number of aromatic nitrogens is 2. The van der Waals surface area contributed by atoms with E-state index in [1.807, 2.05) is 18.2 Å². The molecule has 0 spiro atoms. The van der Waals surface area contributed by atoms with Crippen molar-refractivity contribution in [1.82, 2.24) is 20.2 Å². The molecular weight excluding hydrogens is 428 g/mol. The zero-order valence-corrected chi connectivity index (χ0v) is 21.2. The minimum Gasteiger partial charge on any atom is -0.375 e. The Morgan fingerprint density at radius 3 is 2.82 bits per heavy atom. The molecular formula is C26H40N6O2. The van der Waals surface area contributed by atoms with Gasteiger partial charge in [0.25, 0.3) is 5.91 Å². The fourth-order valence-electron chi connectivity index (χ4n) is 3.96. The molecule has 0 unspecified atom stereocenters. The highest BCUT2D eigenvalue weighted by atomic mass is 16.5. The minimum atomic E-state index is -0.354. The van der Waals surface area contributed by atoms with Gasteiger partial charge in [-0.1, -0.05) is 44.4 Å². The van der Waals surface area contributed by atoms with Gasteiger partial charge in [0.1, 0.15) is 6.07 Å². The number of nitrogens with zero attached hydrogens (tertiary/aromatic N) is 4. The lowest BCUT2D eigenvalue weighted by molar-refractivity contribution is 0.0948. The fraction of sp³-hybridized carbons (Fsp3) is 0.615. The lowest BCUT2D eigenvalue weighted by Crippen LogP contribution is -2.24. The van der Waals surface area contributed by atoms with Crippen molar-refractivity contribution in [3.8, 4) is 6.07 Å². The van der Waals surface area contributed by atoms with E-state index in [1.54, 1.807) is 0 Å². The van der Waals surface area contributed by atoms with Crippen LogP contribution in [-0.2, 0) is 4.74 Å². The second kappa shape index (κ2) is 14.5. The van der Waals surface area contributed by atoms with Crippen LogP contribution in [0.1, 0.15) is 68.7 Å². The molecule has 0 atom stereocenters.